The van der Waals surface area contributed by atoms with Gasteiger partial charge in [0.15, 0.2) is 11.5 Å². The molecule has 2 heterocycles. The molecule has 4 rings (SSSR count). The number of piperazine rings is 1. The number of hydrogen-bond acceptors (Lipinski definition) is 8. The summed E-state index contributed by atoms with van der Waals surface area (Å²) >= 11 is 0. The number of urea groups is 1. The number of benzene rings is 1. The van der Waals surface area contributed by atoms with Crippen molar-refractivity contribution in [2.24, 2.45) is 11.8 Å². The van der Waals surface area contributed by atoms with Gasteiger partial charge in [0.25, 0.3) is 5.91 Å². The third kappa shape index (κ3) is 8.48. The number of carbonyl (C=O) groups excluding carboxylic acids is 4. The minimum absolute atomic E-state index is 0.0519. The second kappa shape index (κ2) is 15.6. The zero-order valence-corrected chi connectivity index (χ0v) is 27.8. The Morgan fingerprint density at radius 3 is 2.33 bits per heavy atom. The smallest absolute Gasteiger partial charge is 0.317 e. The SMILES string of the molecule is CCc1nonc1C(=O)N[C@H](C(=O)Cc1ccc([C@H](C)[C@@H](NC(=O)N(C)C)C(=O)N2CCN(C)CC2)cc1F)C1CCC(C)CC1. The minimum atomic E-state index is -0.905. The molecule has 0 radical (unpaired) electrons. The minimum Gasteiger partial charge on any atom is -0.340 e. The van der Waals surface area contributed by atoms with Crippen molar-refractivity contribution >= 4 is 23.6 Å². The summed E-state index contributed by atoms with van der Waals surface area (Å²) in [6.45, 7) is 8.31. The molecule has 2 aromatic rings. The Bertz CT molecular complexity index is 1380. The number of hydrogen-bond donors (Lipinski definition) is 2. The molecule has 1 aliphatic heterocycles. The Balaban J connectivity index is 1.53. The monoisotopic (exact) mass is 641 g/mol. The predicted molar refractivity (Wildman–Crippen MR) is 170 cm³/mol. The summed E-state index contributed by atoms with van der Waals surface area (Å²) in [6.07, 6.45) is 3.66. The fourth-order valence-electron chi connectivity index (χ4n) is 6.27. The van der Waals surface area contributed by atoms with Crippen LogP contribution in [0.3, 0.4) is 0 Å². The molecule has 4 amide bonds. The van der Waals surface area contributed by atoms with Crippen LogP contribution in [-0.4, -0.2) is 108 Å². The second-order valence-corrected chi connectivity index (χ2v) is 13.1. The van der Waals surface area contributed by atoms with E-state index in [9.17, 15) is 19.2 Å². The molecule has 252 valence electrons. The Hall–Kier alpha value is -3.87. The summed E-state index contributed by atoms with van der Waals surface area (Å²) in [5.41, 5.74) is 1.18. The highest BCUT2D eigenvalue weighted by Crippen LogP contribution is 2.32. The highest BCUT2D eigenvalue weighted by molar-refractivity contribution is 5.97. The van der Waals surface area contributed by atoms with E-state index in [1.165, 1.54) is 11.0 Å². The van der Waals surface area contributed by atoms with Gasteiger partial charge in [0.1, 0.15) is 17.6 Å². The van der Waals surface area contributed by atoms with Crippen molar-refractivity contribution in [2.75, 3.05) is 47.3 Å². The summed E-state index contributed by atoms with van der Waals surface area (Å²) in [5, 5.41) is 13.2. The molecule has 1 saturated carbocycles. The number of carbonyl (C=O) groups is 4. The molecule has 1 aromatic carbocycles. The van der Waals surface area contributed by atoms with Crippen molar-refractivity contribution in [1.29, 1.82) is 0 Å². The van der Waals surface area contributed by atoms with Gasteiger partial charge in [-0.1, -0.05) is 50.9 Å². The number of rotatable bonds is 11. The topological polar surface area (TPSA) is 141 Å². The van der Waals surface area contributed by atoms with Crippen molar-refractivity contribution in [1.82, 2.24) is 35.6 Å². The lowest BCUT2D eigenvalue weighted by atomic mass is 9.77. The molecule has 0 unspecified atom stereocenters. The molecule has 1 aliphatic carbocycles. The third-order valence-corrected chi connectivity index (χ3v) is 9.51. The molecule has 0 bridgehead atoms. The number of nitrogens with zero attached hydrogens (tertiary/aromatic N) is 5. The summed E-state index contributed by atoms with van der Waals surface area (Å²) in [4.78, 5) is 58.4. The van der Waals surface area contributed by atoms with Gasteiger partial charge in [0, 0.05) is 52.6 Å². The van der Waals surface area contributed by atoms with Crippen LogP contribution in [0, 0.1) is 17.7 Å². The number of ketones is 1. The molecule has 3 atom stereocenters. The van der Waals surface area contributed by atoms with Crippen LogP contribution in [0.2, 0.25) is 0 Å². The van der Waals surface area contributed by atoms with Gasteiger partial charge in [-0.15, -0.1) is 0 Å². The van der Waals surface area contributed by atoms with Gasteiger partial charge in [0.05, 0.1) is 6.04 Å². The molecule has 2 aliphatic rings. The third-order valence-electron chi connectivity index (χ3n) is 9.51. The van der Waals surface area contributed by atoms with Gasteiger partial charge in [-0.05, 0) is 60.5 Å². The molecular weight excluding hydrogens is 593 g/mol. The molecule has 2 N–H and O–H groups in total. The molecule has 12 nitrogen and oxygen atoms in total. The number of nitrogens with one attached hydrogen (secondary N) is 2. The van der Waals surface area contributed by atoms with E-state index >= 15 is 4.39 Å². The van der Waals surface area contributed by atoms with E-state index in [0.29, 0.717) is 36.7 Å². The Morgan fingerprint density at radius 2 is 1.72 bits per heavy atom. The normalized spacial score (nSPS) is 20.8. The molecular formula is C33H48FN7O5. The van der Waals surface area contributed by atoms with Crippen LogP contribution in [-0.2, 0) is 22.4 Å². The second-order valence-electron chi connectivity index (χ2n) is 13.1. The van der Waals surface area contributed by atoms with Crippen molar-refractivity contribution in [3.05, 3.63) is 46.5 Å². The zero-order chi connectivity index (χ0) is 33.5. The highest BCUT2D eigenvalue weighted by Gasteiger charge is 2.36. The predicted octanol–water partition coefficient (Wildman–Crippen LogP) is 3.02. The number of likely N-dealkylation sites (N-methyl/N-ethyl adjacent to an activating group) is 1. The standard InChI is InChI=1S/C33H48FN7O5/c1-7-26-30(38-46-37-26)31(43)35-29(22-10-8-20(2)9-11-22)27(42)19-24-13-12-23(18-25(24)34)21(3)28(36-33(45)39(4)5)32(44)41-16-14-40(6)15-17-41/h12-13,18,20-22,28-29H,7-11,14-17,19H2,1-6H3,(H,35,43)(H,36,45)/t20?,21-,22?,28+,29-/m0/s1. The van der Waals surface area contributed by atoms with Crippen LogP contribution in [0.5, 0.6) is 0 Å². The van der Waals surface area contributed by atoms with Crippen molar-refractivity contribution in [3.63, 3.8) is 0 Å². The summed E-state index contributed by atoms with van der Waals surface area (Å²) in [7, 11) is 5.18. The molecule has 13 heteroatoms. The number of aryl methyl sites for hydroxylation is 1. The van der Waals surface area contributed by atoms with Crippen LogP contribution in [0.25, 0.3) is 0 Å². The number of amides is 4. The highest BCUT2D eigenvalue weighted by atomic mass is 19.1. The first-order valence-electron chi connectivity index (χ1n) is 16.3. The van der Waals surface area contributed by atoms with Crippen LogP contribution in [0.4, 0.5) is 9.18 Å². The Kier molecular flexibility index (Phi) is 11.9. The maximum Gasteiger partial charge on any atom is 0.317 e. The van der Waals surface area contributed by atoms with Gasteiger partial charge in [-0.25, -0.2) is 13.8 Å². The van der Waals surface area contributed by atoms with Crippen molar-refractivity contribution in [3.8, 4) is 0 Å². The van der Waals surface area contributed by atoms with E-state index in [4.69, 9.17) is 4.63 Å². The van der Waals surface area contributed by atoms with Crippen LogP contribution < -0.4 is 10.6 Å². The fourth-order valence-corrected chi connectivity index (χ4v) is 6.27. The van der Waals surface area contributed by atoms with Crippen molar-refractivity contribution < 1.29 is 28.2 Å². The zero-order valence-electron chi connectivity index (χ0n) is 27.8. The summed E-state index contributed by atoms with van der Waals surface area (Å²) in [6, 6.07) is 2.46. The van der Waals surface area contributed by atoms with Gasteiger partial charge in [0.2, 0.25) is 5.91 Å². The molecule has 0 spiro atoms. The average Bonchev–Trinajstić information content (AvgIpc) is 3.52. The van der Waals surface area contributed by atoms with Crippen LogP contribution >= 0.6 is 0 Å². The van der Waals surface area contributed by atoms with Crippen LogP contribution in [0.15, 0.2) is 22.8 Å². The molecule has 1 saturated heterocycles. The quantitative estimate of drug-likeness (QED) is 0.382. The maximum atomic E-state index is 15.7. The molecule has 1 aromatic heterocycles. The number of Topliss-reactive ketones (excluding diaryl/α,β-unsaturated/α-hetero) is 1. The lowest BCUT2D eigenvalue weighted by Gasteiger charge is -2.36. The average molecular weight is 642 g/mol. The largest absolute Gasteiger partial charge is 0.340 e. The first-order chi connectivity index (χ1) is 21.9. The maximum absolute atomic E-state index is 15.7. The summed E-state index contributed by atoms with van der Waals surface area (Å²) < 4.78 is 20.5. The number of aromatic nitrogens is 2. The van der Waals surface area contributed by atoms with E-state index in [1.807, 2.05) is 14.0 Å². The van der Waals surface area contributed by atoms with E-state index in [1.54, 1.807) is 38.1 Å². The first-order valence-corrected chi connectivity index (χ1v) is 16.3. The van der Waals surface area contributed by atoms with Crippen LogP contribution in [0.1, 0.15) is 79.7 Å². The van der Waals surface area contributed by atoms with E-state index in [-0.39, 0.29) is 35.3 Å². The summed E-state index contributed by atoms with van der Waals surface area (Å²) in [5.74, 6) is -1.71. The lowest BCUT2D eigenvalue weighted by molar-refractivity contribution is -0.135. The van der Waals surface area contributed by atoms with E-state index in [2.05, 4.69) is 32.8 Å². The Labute approximate surface area is 270 Å². The Morgan fingerprint density at radius 1 is 1.04 bits per heavy atom. The number of halogens is 1. The molecule has 46 heavy (non-hydrogen) atoms. The van der Waals surface area contributed by atoms with Gasteiger partial charge >= 0.3 is 6.03 Å². The fraction of sp³-hybridized carbons (Fsp3) is 0.636. The van der Waals surface area contributed by atoms with Gasteiger partial charge in [-0.2, -0.15) is 0 Å². The van der Waals surface area contributed by atoms with Crippen molar-refractivity contribution in [2.45, 2.75) is 77.3 Å². The van der Waals surface area contributed by atoms with E-state index < -0.39 is 35.8 Å². The lowest BCUT2D eigenvalue weighted by Crippen LogP contribution is -2.56. The van der Waals surface area contributed by atoms with Gasteiger partial charge in [-0.3, -0.25) is 14.4 Å². The van der Waals surface area contributed by atoms with Gasteiger partial charge < -0.3 is 25.3 Å². The molecule has 2 fully saturated rings. The first kappa shape index (κ1) is 35.0. The van der Waals surface area contributed by atoms with E-state index in [0.717, 1.165) is 38.8 Å².